The maximum atomic E-state index is 13.1. The lowest BCUT2D eigenvalue weighted by Gasteiger charge is -2.14. The number of carbonyl (C=O) groups is 1. The van der Waals surface area contributed by atoms with Crippen LogP contribution in [-0.4, -0.2) is 37.1 Å². The van der Waals surface area contributed by atoms with Gasteiger partial charge in [0.15, 0.2) is 0 Å². The SMILES string of the molecule is CCC1=C(CC)c2nc1c(CC)c1ccc([nH]1)c(CC)c1nc(c(CC)c3c(CC)c(CC)c(c2NC(=O)CO)n3CC)C=C1. The van der Waals surface area contributed by atoms with E-state index >= 15 is 0 Å². The second-order valence-corrected chi connectivity index (χ2v) is 11.7. The average molecular weight is 608 g/mol. The lowest BCUT2D eigenvalue weighted by atomic mass is 9.96. The third-order valence-corrected chi connectivity index (χ3v) is 9.47. The van der Waals surface area contributed by atoms with Crippen molar-refractivity contribution in [2.75, 3.05) is 11.9 Å². The third-order valence-electron chi connectivity index (χ3n) is 9.47. The molecule has 3 aromatic heterocycles. The molecule has 45 heavy (non-hydrogen) atoms. The van der Waals surface area contributed by atoms with Crippen LogP contribution in [0, 0.1) is 0 Å². The molecular weight excluding hydrogens is 558 g/mol. The third kappa shape index (κ3) is 5.35. The fourth-order valence-corrected chi connectivity index (χ4v) is 7.50. The summed E-state index contributed by atoms with van der Waals surface area (Å²) in [4.78, 5) is 27.5. The van der Waals surface area contributed by atoms with Crippen LogP contribution in [0.5, 0.6) is 0 Å². The van der Waals surface area contributed by atoms with Gasteiger partial charge < -0.3 is 20.0 Å². The van der Waals surface area contributed by atoms with Crippen LogP contribution in [0.2, 0.25) is 0 Å². The van der Waals surface area contributed by atoms with E-state index in [1.165, 1.54) is 33.3 Å². The molecule has 238 valence electrons. The number of hydrogen-bond donors (Lipinski definition) is 3. The summed E-state index contributed by atoms with van der Waals surface area (Å²) in [6.45, 7) is 17.6. The van der Waals surface area contributed by atoms with Gasteiger partial charge in [-0.25, -0.2) is 9.97 Å². The second kappa shape index (κ2) is 13.6. The molecule has 0 spiro atoms. The first-order valence-electron chi connectivity index (χ1n) is 17.0. The van der Waals surface area contributed by atoms with Gasteiger partial charge in [-0.2, -0.15) is 0 Å². The monoisotopic (exact) mass is 607 g/mol. The fourth-order valence-electron chi connectivity index (χ4n) is 7.50. The normalized spacial score (nSPS) is 12.8. The van der Waals surface area contributed by atoms with E-state index in [0.29, 0.717) is 12.2 Å². The lowest BCUT2D eigenvalue weighted by Crippen LogP contribution is -2.17. The molecule has 2 aliphatic rings. The van der Waals surface area contributed by atoms with Gasteiger partial charge in [-0.1, -0.05) is 48.5 Å². The van der Waals surface area contributed by atoms with Gasteiger partial charge in [-0.3, -0.25) is 4.79 Å². The molecule has 0 unspecified atom stereocenters. The molecule has 2 aliphatic heterocycles. The number of aromatic amines is 1. The quantitative estimate of drug-likeness (QED) is 0.169. The molecule has 8 bridgehead atoms. The van der Waals surface area contributed by atoms with Gasteiger partial charge in [-0.05, 0) is 98.4 Å². The van der Waals surface area contributed by atoms with Crippen LogP contribution in [0.25, 0.3) is 45.4 Å². The smallest absolute Gasteiger partial charge is 0.250 e. The number of fused-ring (bicyclic) bond motifs is 8. The van der Waals surface area contributed by atoms with Crippen molar-refractivity contribution in [3.63, 3.8) is 0 Å². The summed E-state index contributed by atoms with van der Waals surface area (Å²) in [5.74, 6) is -0.437. The zero-order chi connectivity index (χ0) is 32.4. The van der Waals surface area contributed by atoms with Gasteiger partial charge in [0.25, 0.3) is 0 Å². The minimum absolute atomic E-state index is 0.437. The van der Waals surface area contributed by atoms with E-state index in [1.807, 2.05) is 0 Å². The van der Waals surface area contributed by atoms with Crippen LogP contribution in [-0.2, 0) is 43.4 Å². The topological polar surface area (TPSA) is 95.8 Å². The molecule has 0 aliphatic carbocycles. The number of amides is 1. The highest BCUT2D eigenvalue weighted by Gasteiger charge is 2.28. The Bertz CT molecular complexity index is 1870. The van der Waals surface area contributed by atoms with E-state index in [-0.39, 0.29) is 0 Å². The number of carbonyl (C=O) groups excluding carboxylic acids is 1. The molecule has 7 nitrogen and oxygen atoms in total. The number of aliphatic hydroxyl groups excluding tert-OH is 1. The summed E-state index contributed by atoms with van der Waals surface area (Å²) in [6, 6.07) is 4.34. The van der Waals surface area contributed by atoms with Crippen molar-refractivity contribution in [1.29, 1.82) is 0 Å². The van der Waals surface area contributed by atoms with Gasteiger partial charge in [0.05, 0.1) is 39.5 Å². The zero-order valence-electron chi connectivity index (χ0n) is 28.4. The Morgan fingerprint density at radius 1 is 0.689 bits per heavy atom. The van der Waals surface area contributed by atoms with Crippen molar-refractivity contribution >= 4 is 57.0 Å². The molecule has 7 heteroatoms. The van der Waals surface area contributed by atoms with Crippen LogP contribution in [0.3, 0.4) is 0 Å². The first-order chi connectivity index (χ1) is 21.8. The van der Waals surface area contributed by atoms with Gasteiger partial charge in [-0.15, -0.1) is 0 Å². The summed E-state index contributed by atoms with van der Waals surface area (Å²) in [5.41, 5.74) is 17.2. The number of aromatic nitrogens is 4. The number of anilines is 1. The highest BCUT2D eigenvalue weighted by Crippen LogP contribution is 2.43. The Morgan fingerprint density at radius 2 is 1.22 bits per heavy atom. The Hall–Kier alpha value is -3.97. The summed E-state index contributed by atoms with van der Waals surface area (Å²) in [7, 11) is 0. The lowest BCUT2D eigenvalue weighted by molar-refractivity contribution is -0.118. The highest BCUT2D eigenvalue weighted by molar-refractivity contribution is 6.06. The van der Waals surface area contributed by atoms with Crippen LogP contribution < -0.4 is 5.32 Å². The van der Waals surface area contributed by atoms with E-state index in [9.17, 15) is 9.90 Å². The number of nitrogens with zero attached hydrogens (tertiary/aromatic N) is 3. The minimum atomic E-state index is -0.596. The highest BCUT2D eigenvalue weighted by atomic mass is 16.3. The molecule has 0 radical (unpaired) electrons. The molecule has 0 saturated heterocycles. The molecule has 1 amide bonds. The summed E-state index contributed by atoms with van der Waals surface area (Å²) < 4.78 is 2.37. The zero-order valence-corrected chi connectivity index (χ0v) is 28.4. The maximum absolute atomic E-state index is 13.1. The van der Waals surface area contributed by atoms with E-state index in [1.54, 1.807) is 0 Å². The van der Waals surface area contributed by atoms with Crippen LogP contribution in [0.15, 0.2) is 12.1 Å². The second-order valence-electron chi connectivity index (χ2n) is 11.7. The van der Waals surface area contributed by atoms with Crippen molar-refractivity contribution < 1.29 is 9.90 Å². The Labute approximate surface area is 267 Å². The van der Waals surface area contributed by atoms with E-state index < -0.39 is 12.5 Å². The first kappa shape index (κ1) is 32.4. The molecule has 5 rings (SSSR count). The Kier molecular flexibility index (Phi) is 9.78. The predicted molar refractivity (Wildman–Crippen MR) is 189 cm³/mol. The standard InChI is InChI=1S/C38H49N5O2/c1-9-22-23(10-2)35-36(41-33(45)21-44)38-25(12-4)24(11-3)37(43(38)16-8)28(15-7)32-20-18-30(40-32)26(13-5)29-17-19-31(39-29)27(14-6)34(22)42-35/h17-20,39,44H,9-16,21H2,1-8H3,(H,41,45). The predicted octanol–water partition coefficient (Wildman–Crippen LogP) is 8.45. The Morgan fingerprint density at radius 3 is 1.76 bits per heavy atom. The largest absolute Gasteiger partial charge is 0.387 e. The van der Waals surface area contributed by atoms with E-state index in [4.69, 9.17) is 9.97 Å². The molecule has 3 aromatic rings. The summed E-state index contributed by atoms with van der Waals surface area (Å²) in [5, 5.41) is 13.1. The summed E-state index contributed by atoms with van der Waals surface area (Å²) in [6.07, 6.45) is 10.0. The van der Waals surface area contributed by atoms with Gasteiger partial charge in [0, 0.05) is 34.3 Å². The van der Waals surface area contributed by atoms with E-state index in [0.717, 1.165) is 95.4 Å². The van der Waals surface area contributed by atoms with Crippen molar-refractivity contribution in [1.82, 2.24) is 19.5 Å². The first-order valence-corrected chi connectivity index (χ1v) is 17.0. The number of rotatable bonds is 10. The maximum Gasteiger partial charge on any atom is 0.250 e. The molecule has 3 N–H and O–H groups in total. The van der Waals surface area contributed by atoms with Crippen LogP contribution >= 0.6 is 0 Å². The number of allylic oxidation sites excluding steroid dienone is 2. The number of aryl methyl sites for hydroxylation is 6. The van der Waals surface area contributed by atoms with Gasteiger partial charge >= 0.3 is 0 Å². The number of H-pyrrole nitrogens is 1. The number of aliphatic hydroxyl groups is 1. The van der Waals surface area contributed by atoms with Gasteiger partial charge in [0.1, 0.15) is 6.61 Å². The molecule has 0 atom stereocenters. The molecule has 0 saturated carbocycles. The van der Waals surface area contributed by atoms with E-state index in [2.05, 4.69) is 94.5 Å². The summed E-state index contributed by atoms with van der Waals surface area (Å²) >= 11 is 0. The minimum Gasteiger partial charge on any atom is -0.387 e. The van der Waals surface area contributed by atoms with Crippen molar-refractivity contribution in [3.05, 3.63) is 62.7 Å². The Balaban J connectivity index is 2.20. The molecule has 5 heterocycles. The van der Waals surface area contributed by atoms with Crippen LogP contribution in [0.1, 0.15) is 119 Å². The average Bonchev–Trinajstić information content (AvgIpc) is 3.85. The van der Waals surface area contributed by atoms with Gasteiger partial charge in [0.2, 0.25) is 5.91 Å². The van der Waals surface area contributed by atoms with Crippen molar-refractivity contribution in [2.24, 2.45) is 0 Å². The molecular formula is C38H49N5O2. The number of hydrogen-bond acceptors (Lipinski definition) is 4. The van der Waals surface area contributed by atoms with Crippen LogP contribution in [0.4, 0.5) is 5.69 Å². The fraction of sp³-hybridized carbons (Fsp3) is 0.447. The number of nitrogens with one attached hydrogen (secondary N) is 2. The van der Waals surface area contributed by atoms with Crippen molar-refractivity contribution in [3.8, 4) is 0 Å². The molecule has 0 fully saturated rings. The molecule has 0 aromatic carbocycles. The van der Waals surface area contributed by atoms with Crippen molar-refractivity contribution in [2.45, 2.75) is 107 Å².